The molecule has 1 rings (SSSR count). The van der Waals surface area contributed by atoms with E-state index >= 15 is 0 Å². The Labute approximate surface area is 85.0 Å². The van der Waals surface area contributed by atoms with E-state index in [0.717, 1.165) is 12.1 Å². The standard InChI is InChI=1S/C10H9FO4/c1-5-4-6(11)2-3-7(5)8(9(12)13)10(14)15/h2-4,8H,1H3,(H,12,13)(H,14,15). The van der Waals surface area contributed by atoms with E-state index in [1.54, 1.807) is 0 Å². The SMILES string of the molecule is Cc1cc(F)ccc1C(C(=O)O)C(=O)O. The quantitative estimate of drug-likeness (QED) is 0.742. The second-order valence-corrected chi connectivity index (χ2v) is 3.11. The first-order valence-corrected chi connectivity index (χ1v) is 4.15. The second kappa shape index (κ2) is 4.08. The Balaban J connectivity index is 3.23. The van der Waals surface area contributed by atoms with Gasteiger partial charge in [-0.25, -0.2) is 4.39 Å². The minimum absolute atomic E-state index is 0.0939. The van der Waals surface area contributed by atoms with Crippen LogP contribution in [0, 0.1) is 12.7 Å². The third kappa shape index (κ3) is 2.31. The first-order chi connectivity index (χ1) is 6.93. The van der Waals surface area contributed by atoms with Gasteiger partial charge in [-0.1, -0.05) is 6.07 Å². The normalized spacial score (nSPS) is 10.3. The average Bonchev–Trinajstić information content (AvgIpc) is 2.08. The summed E-state index contributed by atoms with van der Waals surface area (Å²) in [5, 5.41) is 17.4. The molecule has 0 atom stereocenters. The van der Waals surface area contributed by atoms with Crippen LogP contribution in [0.5, 0.6) is 0 Å². The summed E-state index contributed by atoms with van der Waals surface area (Å²) < 4.78 is 12.7. The highest BCUT2D eigenvalue weighted by Gasteiger charge is 2.29. The zero-order chi connectivity index (χ0) is 11.6. The van der Waals surface area contributed by atoms with Gasteiger partial charge in [0.05, 0.1) is 0 Å². The number of halogens is 1. The monoisotopic (exact) mass is 212 g/mol. The third-order valence-corrected chi connectivity index (χ3v) is 2.04. The van der Waals surface area contributed by atoms with E-state index in [1.807, 2.05) is 0 Å². The first kappa shape index (κ1) is 11.2. The maximum Gasteiger partial charge on any atom is 0.322 e. The Hall–Kier alpha value is -1.91. The van der Waals surface area contributed by atoms with Gasteiger partial charge in [-0.3, -0.25) is 9.59 Å². The van der Waals surface area contributed by atoms with Gasteiger partial charge in [0.2, 0.25) is 0 Å². The molecule has 5 heteroatoms. The number of aliphatic carboxylic acids is 2. The summed E-state index contributed by atoms with van der Waals surface area (Å²) in [6, 6.07) is 3.33. The van der Waals surface area contributed by atoms with Crippen molar-refractivity contribution in [3.8, 4) is 0 Å². The van der Waals surface area contributed by atoms with Crippen molar-refractivity contribution in [2.45, 2.75) is 12.8 Å². The molecule has 4 nitrogen and oxygen atoms in total. The molecule has 0 unspecified atom stereocenters. The van der Waals surface area contributed by atoms with Crippen molar-refractivity contribution < 1.29 is 24.2 Å². The fourth-order valence-corrected chi connectivity index (χ4v) is 1.33. The maximum absolute atomic E-state index is 12.7. The van der Waals surface area contributed by atoms with Crippen LogP contribution in [0.3, 0.4) is 0 Å². The Morgan fingerprint density at radius 1 is 1.27 bits per heavy atom. The molecule has 15 heavy (non-hydrogen) atoms. The van der Waals surface area contributed by atoms with Crippen molar-refractivity contribution in [2.24, 2.45) is 0 Å². The number of carbonyl (C=O) groups is 2. The molecule has 0 aliphatic rings. The van der Waals surface area contributed by atoms with E-state index in [9.17, 15) is 14.0 Å². The second-order valence-electron chi connectivity index (χ2n) is 3.11. The predicted octanol–water partition coefficient (Wildman–Crippen LogP) is 1.39. The molecule has 1 aromatic carbocycles. The molecule has 0 radical (unpaired) electrons. The lowest BCUT2D eigenvalue weighted by Gasteiger charge is -2.10. The van der Waals surface area contributed by atoms with Gasteiger partial charge in [0.25, 0.3) is 0 Å². The van der Waals surface area contributed by atoms with Crippen molar-refractivity contribution in [3.63, 3.8) is 0 Å². The summed E-state index contributed by atoms with van der Waals surface area (Å²) in [5.41, 5.74) is 0.404. The van der Waals surface area contributed by atoms with Crippen LogP contribution in [0.15, 0.2) is 18.2 Å². The molecule has 80 valence electrons. The molecular weight excluding hydrogens is 203 g/mol. The highest BCUT2D eigenvalue weighted by atomic mass is 19.1. The van der Waals surface area contributed by atoms with Gasteiger partial charge in [-0.2, -0.15) is 0 Å². The van der Waals surface area contributed by atoms with Crippen LogP contribution in [0.25, 0.3) is 0 Å². The van der Waals surface area contributed by atoms with Crippen molar-refractivity contribution >= 4 is 11.9 Å². The number of rotatable bonds is 3. The lowest BCUT2D eigenvalue weighted by Crippen LogP contribution is -2.21. The van der Waals surface area contributed by atoms with E-state index in [1.165, 1.54) is 13.0 Å². The third-order valence-electron chi connectivity index (χ3n) is 2.04. The number of hydrogen-bond donors (Lipinski definition) is 2. The molecule has 0 aromatic heterocycles. The summed E-state index contributed by atoms with van der Waals surface area (Å²) in [6.07, 6.45) is 0. The van der Waals surface area contributed by atoms with E-state index in [-0.39, 0.29) is 5.56 Å². The topological polar surface area (TPSA) is 74.6 Å². The van der Waals surface area contributed by atoms with Crippen molar-refractivity contribution in [3.05, 3.63) is 35.1 Å². The molecule has 0 bridgehead atoms. The van der Waals surface area contributed by atoms with Crippen LogP contribution in [0.2, 0.25) is 0 Å². The van der Waals surface area contributed by atoms with Gasteiger partial charge < -0.3 is 10.2 Å². The van der Waals surface area contributed by atoms with Gasteiger partial charge in [0, 0.05) is 0 Å². The highest BCUT2D eigenvalue weighted by molar-refractivity contribution is 5.99. The summed E-state index contributed by atoms with van der Waals surface area (Å²) in [5.74, 6) is -5.09. The largest absolute Gasteiger partial charge is 0.480 e. The van der Waals surface area contributed by atoms with Crippen LogP contribution in [0.1, 0.15) is 17.0 Å². The maximum atomic E-state index is 12.7. The molecule has 0 heterocycles. The number of aryl methyl sites for hydroxylation is 1. The molecule has 0 aliphatic heterocycles. The molecule has 2 N–H and O–H groups in total. The van der Waals surface area contributed by atoms with Crippen LogP contribution in [-0.4, -0.2) is 22.2 Å². The Kier molecular flexibility index (Phi) is 3.04. The Bertz CT molecular complexity index is 400. The molecule has 0 saturated heterocycles. The zero-order valence-corrected chi connectivity index (χ0v) is 7.90. The Morgan fingerprint density at radius 2 is 1.80 bits per heavy atom. The number of carboxylic acids is 2. The van der Waals surface area contributed by atoms with Crippen LogP contribution >= 0.6 is 0 Å². The summed E-state index contributed by atoms with van der Waals surface area (Å²) >= 11 is 0. The van der Waals surface area contributed by atoms with Gasteiger partial charge >= 0.3 is 11.9 Å². The van der Waals surface area contributed by atoms with Crippen LogP contribution in [0.4, 0.5) is 4.39 Å². The van der Waals surface area contributed by atoms with E-state index in [0.29, 0.717) is 5.56 Å². The number of hydrogen-bond acceptors (Lipinski definition) is 2. The molecule has 0 spiro atoms. The minimum Gasteiger partial charge on any atom is -0.480 e. The number of carboxylic acid groups (broad SMARTS) is 2. The molecule has 1 aromatic rings. The molecule has 0 amide bonds. The van der Waals surface area contributed by atoms with Gasteiger partial charge in [-0.15, -0.1) is 0 Å². The average molecular weight is 212 g/mol. The summed E-state index contributed by atoms with van der Waals surface area (Å²) in [4.78, 5) is 21.4. The smallest absolute Gasteiger partial charge is 0.322 e. The predicted molar refractivity (Wildman–Crippen MR) is 49.1 cm³/mol. The van der Waals surface area contributed by atoms with Gasteiger partial charge in [-0.05, 0) is 30.2 Å². The van der Waals surface area contributed by atoms with E-state index in [4.69, 9.17) is 10.2 Å². The van der Waals surface area contributed by atoms with Crippen molar-refractivity contribution in [2.75, 3.05) is 0 Å². The first-order valence-electron chi connectivity index (χ1n) is 4.15. The molecule has 0 saturated carbocycles. The summed E-state index contributed by atoms with van der Waals surface area (Å²) in [6.45, 7) is 1.47. The molecular formula is C10H9FO4. The molecule has 0 fully saturated rings. The zero-order valence-electron chi connectivity index (χ0n) is 7.90. The van der Waals surface area contributed by atoms with Crippen LogP contribution < -0.4 is 0 Å². The fourth-order valence-electron chi connectivity index (χ4n) is 1.33. The fraction of sp³-hybridized carbons (Fsp3) is 0.200. The van der Waals surface area contributed by atoms with E-state index < -0.39 is 23.7 Å². The van der Waals surface area contributed by atoms with Crippen LogP contribution in [-0.2, 0) is 9.59 Å². The van der Waals surface area contributed by atoms with Crippen molar-refractivity contribution in [1.82, 2.24) is 0 Å². The highest BCUT2D eigenvalue weighted by Crippen LogP contribution is 2.21. The lowest BCUT2D eigenvalue weighted by molar-refractivity contribution is -0.150. The van der Waals surface area contributed by atoms with Crippen molar-refractivity contribution in [1.29, 1.82) is 0 Å². The van der Waals surface area contributed by atoms with Gasteiger partial charge in [0.15, 0.2) is 5.92 Å². The van der Waals surface area contributed by atoms with Gasteiger partial charge in [0.1, 0.15) is 5.82 Å². The number of benzene rings is 1. The molecule has 0 aliphatic carbocycles. The van der Waals surface area contributed by atoms with E-state index in [2.05, 4.69) is 0 Å². The Morgan fingerprint density at radius 3 is 2.20 bits per heavy atom. The summed E-state index contributed by atoms with van der Waals surface area (Å²) in [7, 11) is 0. The minimum atomic E-state index is -1.65. The lowest BCUT2D eigenvalue weighted by atomic mass is 9.95.